The molecule has 0 atom stereocenters. The van der Waals surface area contributed by atoms with E-state index in [1.165, 1.54) is 30.3 Å². The Hall–Kier alpha value is -3.85. The van der Waals surface area contributed by atoms with Crippen LogP contribution in [0.5, 0.6) is 0 Å². The molecular weight excluding hydrogens is 344 g/mol. The molecule has 0 heterocycles. The molecule has 0 aliphatic heterocycles. The van der Waals surface area contributed by atoms with Gasteiger partial charge in [-0.1, -0.05) is 36.4 Å². The fraction of sp³-hybridized carbons (Fsp3) is 0.0952. The Morgan fingerprint density at radius 1 is 0.926 bits per heavy atom. The fourth-order valence-corrected chi connectivity index (χ4v) is 2.75. The van der Waals surface area contributed by atoms with Crippen LogP contribution in [-0.2, 0) is 0 Å². The zero-order valence-corrected chi connectivity index (χ0v) is 14.2. The second kappa shape index (κ2) is 7.58. The van der Waals surface area contributed by atoms with E-state index < -0.39 is 11.6 Å². The first-order valence-electron chi connectivity index (χ1n) is 8.22. The van der Waals surface area contributed by atoms with E-state index >= 15 is 0 Å². The molecule has 0 spiro atoms. The van der Waals surface area contributed by atoms with Crippen LogP contribution in [0.25, 0.3) is 0 Å². The highest BCUT2D eigenvalue weighted by atomic mass is 16.2. The van der Waals surface area contributed by atoms with Crippen molar-refractivity contribution in [2.75, 3.05) is 6.54 Å². The summed E-state index contributed by atoms with van der Waals surface area (Å²) in [5.41, 5.74) is 0.834. The van der Waals surface area contributed by atoms with Crippen LogP contribution in [0, 0.1) is 11.3 Å². The summed E-state index contributed by atoms with van der Waals surface area (Å²) in [7, 11) is 0. The van der Waals surface area contributed by atoms with Crippen LogP contribution >= 0.6 is 0 Å². The van der Waals surface area contributed by atoms with E-state index in [2.05, 4.69) is 5.32 Å². The van der Waals surface area contributed by atoms with Crippen LogP contribution in [0.4, 0.5) is 0 Å². The zero-order valence-electron chi connectivity index (χ0n) is 14.2. The van der Waals surface area contributed by atoms with Crippen molar-refractivity contribution in [3.8, 4) is 6.07 Å². The molecule has 0 unspecified atom stereocenters. The molecule has 2 aromatic carbocycles. The first-order valence-corrected chi connectivity index (χ1v) is 8.22. The van der Waals surface area contributed by atoms with Crippen LogP contribution in [0.1, 0.15) is 47.9 Å². The summed E-state index contributed by atoms with van der Waals surface area (Å²) < 4.78 is 0. The van der Waals surface area contributed by atoms with Gasteiger partial charge in [0.05, 0.1) is 18.1 Å². The number of ketones is 3. The number of hydrogen-bond acceptors (Lipinski definition) is 5. The largest absolute Gasteiger partial charge is 0.351 e. The van der Waals surface area contributed by atoms with E-state index in [-0.39, 0.29) is 46.9 Å². The van der Waals surface area contributed by atoms with Crippen molar-refractivity contribution in [3.63, 3.8) is 0 Å². The van der Waals surface area contributed by atoms with E-state index in [1.54, 1.807) is 18.2 Å². The highest BCUT2D eigenvalue weighted by Crippen LogP contribution is 2.23. The van der Waals surface area contributed by atoms with Gasteiger partial charge in [-0.25, -0.2) is 0 Å². The maximum atomic E-state index is 12.7. The van der Waals surface area contributed by atoms with Gasteiger partial charge in [-0.2, -0.15) is 5.26 Å². The van der Waals surface area contributed by atoms with Gasteiger partial charge in [0, 0.05) is 34.9 Å². The molecule has 0 radical (unpaired) electrons. The Morgan fingerprint density at radius 2 is 1.56 bits per heavy atom. The number of carbonyl (C=O) groups excluding carboxylic acids is 4. The van der Waals surface area contributed by atoms with Gasteiger partial charge in [-0.15, -0.1) is 0 Å². The lowest BCUT2D eigenvalue weighted by Crippen LogP contribution is -2.24. The predicted octanol–water partition coefficient (Wildman–Crippen LogP) is 2.52. The normalized spacial score (nSPS) is 12.6. The molecule has 1 aliphatic rings. The number of Topliss-reactive ketones (excluding diaryl/α,β-unsaturated/α-hetero) is 2. The number of benzene rings is 2. The molecule has 132 valence electrons. The van der Waals surface area contributed by atoms with Crippen LogP contribution < -0.4 is 5.32 Å². The summed E-state index contributed by atoms with van der Waals surface area (Å²) in [5, 5.41) is 11.1. The van der Waals surface area contributed by atoms with Crippen molar-refractivity contribution in [2.24, 2.45) is 0 Å². The molecule has 6 heteroatoms. The summed E-state index contributed by atoms with van der Waals surface area (Å²) in [5.74, 6) is -1.81. The Morgan fingerprint density at radius 3 is 2.22 bits per heavy atom. The molecular formula is C21H14N2O4. The Bertz CT molecular complexity index is 1030. The van der Waals surface area contributed by atoms with Gasteiger partial charge in [0.2, 0.25) is 0 Å². The second-order valence-electron chi connectivity index (χ2n) is 5.87. The van der Waals surface area contributed by atoms with Crippen molar-refractivity contribution >= 4 is 23.3 Å². The summed E-state index contributed by atoms with van der Waals surface area (Å²) in [6.07, 6.45) is 1.27. The maximum absolute atomic E-state index is 12.7. The van der Waals surface area contributed by atoms with E-state index in [0.717, 1.165) is 6.08 Å². The molecule has 0 bridgehead atoms. The van der Waals surface area contributed by atoms with Gasteiger partial charge >= 0.3 is 0 Å². The molecule has 3 rings (SSSR count). The van der Waals surface area contributed by atoms with Gasteiger partial charge in [0.25, 0.3) is 5.91 Å². The third kappa shape index (κ3) is 3.58. The van der Waals surface area contributed by atoms with Crippen LogP contribution in [0.2, 0.25) is 0 Å². The highest BCUT2D eigenvalue weighted by molar-refractivity contribution is 6.37. The molecule has 1 N–H and O–H groups in total. The van der Waals surface area contributed by atoms with E-state index in [9.17, 15) is 19.2 Å². The molecule has 27 heavy (non-hydrogen) atoms. The second-order valence-corrected chi connectivity index (χ2v) is 5.87. The molecule has 0 saturated heterocycles. The Balaban J connectivity index is 1.81. The summed E-state index contributed by atoms with van der Waals surface area (Å²) in [4.78, 5) is 49.4. The summed E-state index contributed by atoms with van der Waals surface area (Å²) in [6.45, 7) is 0.235. The number of amides is 1. The summed E-state index contributed by atoms with van der Waals surface area (Å²) in [6, 6.07) is 14.1. The van der Waals surface area contributed by atoms with Crippen molar-refractivity contribution < 1.29 is 19.2 Å². The molecule has 0 aromatic heterocycles. The molecule has 2 aromatic rings. The minimum Gasteiger partial charge on any atom is -0.351 e. The number of fused-ring (bicyclic) bond motifs is 1. The fourth-order valence-electron chi connectivity index (χ4n) is 2.75. The quantitative estimate of drug-likeness (QED) is 0.502. The molecule has 1 aliphatic carbocycles. The minimum atomic E-state index is -0.570. The smallest absolute Gasteiger partial charge is 0.251 e. The zero-order chi connectivity index (χ0) is 19.4. The third-order valence-corrected chi connectivity index (χ3v) is 4.13. The lowest BCUT2D eigenvalue weighted by atomic mass is 9.86. The van der Waals surface area contributed by atoms with E-state index in [1.807, 2.05) is 6.07 Å². The lowest BCUT2D eigenvalue weighted by molar-refractivity contribution is 0.0931. The Labute approximate surface area is 155 Å². The molecule has 0 fully saturated rings. The minimum absolute atomic E-state index is 0.190. The van der Waals surface area contributed by atoms with Gasteiger partial charge in [-0.3, -0.25) is 19.2 Å². The number of nitriles is 1. The number of carbonyl (C=O) groups is 4. The van der Waals surface area contributed by atoms with Crippen LogP contribution in [0.3, 0.4) is 0 Å². The van der Waals surface area contributed by atoms with Crippen LogP contribution in [0.15, 0.2) is 60.2 Å². The average molecular weight is 358 g/mol. The average Bonchev–Trinajstić information content (AvgIpc) is 2.70. The van der Waals surface area contributed by atoms with Gasteiger partial charge in [-0.05, 0) is 12.1 Å². The predicted molar refractivity (Wildman–Crippen MR) is 96.5 cm³/mol. The molecule has 1 amide bonds. The molecule has 6 nitrogen and oxygen atoms in total. The highest BCUT2D eigenvalue weighted by Gasteiger charge is 2.29. The molecule has 0 saturated carbocycles. The first kappa shape index (κ1) is 18.0. The van der Waals surface area contributed by atoms with Gasteiger partial charge in [0.15, 0.2) is 17.3 Å². The van der Waals surface area contributed by atoms with Crippen molar-refractivity contribution in [2.45, 2.75) is 6.42 Å². The van der Waals surface area contributed by atoms with Crippen molar-refractivity contribution in [1.82, 2.24) is 5.32 Å². The van der Waals surface area contributed by atoms with Gasteiger partial charge in [0.1, 0.15) is 0 Å². The number of nitrogens with one attached hydrogen (secondary N) is 1. The van der Waals surface area contributed by atoms with E-state index in [0.29, 0.717) is 5.56 Å². The number of nitrogens with zero attached hydrogens (tertiary/aromatic N) is 1. The monoisotopic (exact) mass is 358 g/mol. The van der Waals surface area contributed by atoms with Crippen LogP contribution in [-0.4, -0.2) is 29.8 Å². The number of rotatable bonds is 5. The SMILES string of the molecule is N#CCCNC(=O)c1ccc(C(=O)C2=CC(=O)c3ccccc3C2=O)cc1. The summed E-state index contributed by atoms with van der Waals surface area (Å²) >= 11 is 0. The Kier molecular flexibility index (Phi) is 5.04. The standard InChI is InChI=1S/C21H14N2O4/c22-10-3-11-23-21(27)14-8-6-13(7-9-14)19(25)17-12-18(24)15-4-1-2-5-16(15)20(17)26/h1-2,4-9,12H,3,11H2,(H,23,27). The first-order chi connectivity index (χ1) is 13.0. The lowest BCUT2D eigenvalue weighted by Gasteiger charge is -2.14. The third-order valence-electron chi connectivity index (χ3n) is 4.13. The number of allylic oxidation sites excluding steroid dienone is 2. The number of hydrogen-bond donors (Lipinski definition) is 1. The topological polar surface area (TPSA) is 104 Å². The van der Waals surface area contributed by atoms with E-state index in [4.69, 9.17) is 5.26 Å². The van der Waals surface area contributed by atoms with Gasteiger partial charge < -0.3 is 5.32 Å². The van der Waals surface area contributed by atoms with Crippen molar-refractivity contribution in [3.05, 3.63) is 82.4 Å². The maximum Gasteiger partial charge on any atom is 0.251 e. The van der Waals surface area contributed by atoms with Crippen molar-refractivity contribution in [1.29, 1.82) is 5.26 Å².